The van der Waals surface area contributed by atoms with Crippen LogP contribution in [0, 0.1) is 0 Å². The van der Waals surface area contributed by atoms with E-state index < -0.39 is 18.2 Å². The Morgan fingerprint density at radius 1 is 0.491 bits per heavy atom. The summed E-state index contributed by atoms with van der Waals surface area (Å²) in [6, 6.07) is -0.695. The highest BCUT2D eigenvalue weighted by molar-refractivity contribution is 5.77. The molecule has 0 radical (unpaired) electrons. The van der Waals surface area contributed by atoms with Crippen LogP contribution in [0.5, 0.6) is 0 Å². The van der Waals surface area contributed by atoms with Gasteiger partial charge in [-0.1, -0.05) is 226 Å². The van der Waals surface area contributed by atoms with E-state index in [0.717, 1.165) is 51.4 Å². The number of nitrogens with one attached hydrogen (secondary N) is 1. The third-order valence-corrected chi connectivity index (χ3v) is 11.8. The standard InChI is InChI=1S/C51H99NO5/c1-4-7-10-13-16-19-22-24-25-26-27-29-32-35-38-41-44-51(56)57-47(42-39-36-33-30-28-23-20-17-14-11-8-5-2)45-50(55)52-48(46-53)49(54)43-40-37-34-31-21-18-15-12-9-6-3/h25-26,47-49,53-54H,4-24,27-46H2,1-3H3,(H,52,55)/b26-25+. The van der Waals surface area contributed by atoms with Crippen molar-refractivity contribution in [2.75, 3.05) is 6.61 Å². The largest absolute Gasteiger partial charge is 0.462 e. The lowest BCUT2D eigenvalue weighted by Crippen LogP contribution is -2.46. The fourth-order valence-corrected chi connectivity index (χ4v) is 7.96. The first-order valence-electron chi connectivity index (χ1n) is 25.4. The van der Waals surface area contributed by atoms with Crippen LogP contribution >= 0.6 is 0 Å². The maximum Gasteiger partial charge on any atom is 0.306 e. The molecule has 0 rings (SSSR count). The number of aliphatic hydroxyl groups is 2. The number of rotatable bonds is 46. The van der Waals surface area contributed by atoms with Crippen LogP contribution in [0.4, 0.5) is 0 Å². The predicted octanol–water partition coefficient (Wildman–Crippen LogP) is 15.0. The van der Waals surface area contributed by atoms with Gasteiger partial charge < -0.3 is 20.3 Å². The SMILES string of the molecule is CCCCCCCCC/C=C/CCCCCCCC(=O)OC(CCCCCCCCCCCCCC)CC(=O)NC(CO)C(O)CCCCCCCCCCCC. The van der Waals surface area contributed by atoms with Crippen LogP contribution in [0.3, 0.4) is 0 Å². The molecule has 0 bridgehead atoms. The van der Waals surface area contributed by atoms with E-state index in [1.54, 1.807) is 0 Å². The molecule has 0 saturated heterocycles. The van der Waals surface area contributed by atoms with E-state index in [0.29, 0.717) is 19.3 Å². The van der Waals surface area contributed by atoms with Gasteiger partial charge in [0.05, 0.1) is 25.2 Å². The van der Waals surface area contributed by atoms with E-state index in [1.807, 2.05) is 0 Å². The van der Waals surface area contributed by atoms with Gasteiger partial charge >= 0.3 is 5.97 Å². The van der Waals surface area contributed by atoms with Crippen molar-refractivity contribution in [3.8, 4) is 0 Å². The molecule has 0 spiro atoms. The molecule has 338 valence electrons. The van der Waals surface area contributed by atoms with Crippen molar-refractivity contribution in [3.63, 3.8) is 0 Å². The Morgan fingerprint density at radius 3 is 1.25 bits per heavy atom. The van der Waals surface area contributed by atoms with Crippen molar-refractivity contribution < 1.29 is 24.5 Å². The molecule has 3 unspecified atom stereocenters. The molecule has 6 heteroatoms. The normalized spacial score (nSPS) is 13.3. The van der Waals surface area contributed by atoms with Gasteiger partial charge in [-0.15, -0.1) is 0 Å². The maximum absolute atomic E-state index is 13.2. The molecule has 0 aliphatic rings. The molecule has 0 saturated carbocycles. The van der Waals surface area contributed by atoms with Gasteiger partial charge in [0.2, 0.25) is 5.91 Å². The summed E-state index contributed by atoms with van der Waals surface area (Å²) in [7, 11) is 0. The van der Waals surface area contributed by atoms with Gasteiger partial charge in [0, 0.05) is 6.42 Å². The molecular formula is C51H99NO5. The highest BCUT2D eigenvalue weighted by Crippen LogP contribution is 2.18. The topological polar surface area (TPSA) is 95.9 Å². The van der Waals surface area contributed by atoms with Crippen LogP contribution in [-0.2, 0) is 14.3 Å². The zero-order valence-electron chi connectivity index (χ0n) is 38.5. The van der Waals surface area contributed by atoms with E-state index in [1.165, 1.54) is 180 Å². The van der Waals surface area contributed by atoms with Gasteiger partial charge in [0.1, 0.15) is 6.10 Å². The minimum atomic E-state index is -0.781. The van der Waals surface area contributed by atoms with Crippen molar-refractivity contribution >= 4 is 11.9 Å². The Labute approximate surface area is 355 Å². The predicted molar refractivity (Wildman–Crippen MR) is 246 cm³/mol. The molecule has 3 atom stereocenters. The van der Waals surface area contributed by atoms with Crippen LogP contribution in [0.1, 0.15) is 278 Å². The average Bonchev–Trinajstić information content (AvgIpc) is 3.20. The number of unbranched alkanes of at least 4 members (excludes halogenated alkanes) is 32. The zero-order valence-corrected chi connectivity index (χ0v) is 38.5. The van der Waals surface area contributed by atoms with Crippen molar-refractivity contribution in [3.05, 3.63) is 12.2 Å². The molecule has 0 aliphatic carbocycles. The number of esters is 1. The fraction of sp³-hybridized carbons (Fsp3) is 0.922. The Morgan fingerprint density at radius 2 is 0.842 bits per heavy atom. The number of amides is 1. The molecule has 0 fully saturated rings. The van der Waals surface area contributed by atoms with Crippen LogP contribution in [0.2, 0.25) is 0 Å². The van der Waals surface area contributed by atoms with Crippen molar-refractivity contribution in [2.45, 2.75) is 296 Å². The monoisotopic (exact) mass is 806 g/mol. The second-order valence-electron chi connectivity index (χ2n) is 17.6. The van der Waals surface area contributed by atoms with Gasteiger partial charge in [-0.05, 0) is 51.4 Å². The number of allylic oxidation sites excluding steroid dienone is 2. The lowest BCUT2D eigenvalue weighted by molar-refractivity contribution is -0.151. The van der Waals surface area contributed by atoms with Crippen molar-refractivity contribution in [2.24, 2.45) is 0 Å². The minimum Gasteiger partial charge on any atom is -0.462 e. The first-order valence-corrected chi connectivity index (χ1v) is 25.4. The number of hydrogen-bond donors (Lipinski definition) is 3. The van der Waals surface area contributed by atoms with E-state index in [-0.39, 0.29) is 24.9 Å². The molecule has 0 heterocycles. The maximum atomic E-state index is 13.2. The first-order chi connectivity index (χ1) is 28.0. The second kappa shape index (κ2) is 45.7. The Kier molecular flexibility index (Phi) is 44.6. The van der Waals surface area contributed by atoms with E-state index in [2.05, 4.69) is 38.2 Å². The molecule has 0 aliphatic heterocycles. The smallest absolute Gasteiger partial charge is 0.306 e. The van der Waals surface area contributed by atoms with Crippen LogP contribution in [0.15, 0.2) is 12.2 Å². The lowest BCUT2D eigenvalue weighted by Gasteiger charge is -2.24. The summed E-state index contributed by atoms with van der Waals surface area (Å²) in [5.41, 5.74) is 0. The third kappa shape index (κ3) is 41.1. The second-order valence-corrected chi connectivity index (χ2v) is 17.6. The minimum absolute atomic E-state index is 0.0811. The van der Waals surface area contributed by atoms with Crippen molar-refractivity contribution in [1.29, 1.82) is 0 Å². The Bertz CT molecular complexity index is 863. The van der Waals surface area contributed by atoms with E-state index in [4.69, 9.17) is 4.74 Å². The highest BCUT2D eigenvalue weighted by atomic mass is 16.5. The van der Waals surface area contributed by atoms with Gasteiger partial charge in [-0.25, -0.2) is 0 Å². The summed E-state index contributed by atoms with van der Waals surface area (Å²) in [6.07, 6.45) is 49.8. The molecule has 0 aromatic heterocycles. The molecule has 57 heavy (non-hydrogen) atoms. The summed E-state index contributed by atoms with van der Waals surface area (Å²) < 4.78 is 5.93. The number of aliphatic hydroxyl groups excluding tert-OH is 2. The van der Waals surface area contributed by atoms with Gasteiger partial charge in [0.25, 0.3) is 0 Å². The van der Waals surface area contributed by atoms with Crippen LogP contribution in [0.25, 0.3) is 0 Å². The van der Waals surface area contributed by atoms with Gasteiger partial charge in [0.15, 0.2) is 0 Å². The molecular weight excluding hydrogens is 707 g/mol. The molecule has 0 aromatic rings. The van der Waals surface area contributed by atoms with E-state index in [9.17, 15) is 19.8 Å². The van der Waals surface area contributed by atoms with Crippen molar-refractivity contribution in [1.82, 2.24) is 5.32 Å². The Balaban J connectivity index is 4.52. The van der Waals surface area contributed by atoms with E-state index >= 15 is 0 Å². The quantitative estimate of drug-likeness (QED) is 0.0323. The van der Waals surface area contributed by atoms with Gasteiger partial charge in [-0.3, -0.25) is 9.59 Å². The summed E-state index contributed by atoms with van der Waals surface area (Å²) in [5.74, 6) is -0.468. The molecule has 1 amide bonds. The number of carbonyl (C=O) groups excluding carboxylic acids is 2. The number of ether oxygens (including phenoxy) is 1. The lowest BCUT2D eigenvalue weighted by atomic mass is 10.0. The summed E-state index contributed by atoms with van der Waals surface area (Å²) in [4.78, 5) is 26.1. The number of carbonyl (C=O) groups is 2. The molecule has 3 N–H and O–H groups in total. The molecule has 6 nitrogen and oxygen atoms in total. The third-order valence-electron chi connectivity index (χ3n) is 11.8. The summed E-state index contributed by atoms with van der Waals surface area (Å²) >= 11 is 0. The first kappa shape index (κ1) is 55.6. The Hall–Kier alpha value is -1.40. The average molecular weight is 806 g/mol. The summed E-state index contributed by atoms with van der Waals surface area (Å²) in [6.45, 7) is 6.48. The van der Waals surface area contributed by atoms with Crippen LogP contribution < -0.4 is 5.32 Å². The molecule has 0 aromatic carbocycles. The highest BCUT2D eigenvalue weighted by Gasteiger charge is 2.24. The van der Waals surface area contributed by atoms with Crippen LogP contribution in [-0.4, -0.2) is 46.9 Å². The van der Waals surface area contributed by atoms with Gasteiger partial charge in [-0.2, -0.15) is 0 Å². The number of hydrogen-bond acceptors (Lipinski definition) is 5. The fourth-order valence-electron chi connectivity index (χ4n) is 7.96. The zero-order chi connectivity index (χ0) is 41.7. The summed E-state index contributed by atoms with van der Waals surface area (Å²) in [5, 5.41) is 23.7.